The van der Waals surface area contributed by atoms with Gasteiger partial charge in [0.2, 0.25) is 0 Å². The summed E-state index contributed by atoms with van der Waals surface area (Å²) in [6.07, 6.45) is 4.52. The molecule has 2 fully saturated rings. The summed E-state index contributed by atoms with van der Waals surface area (Å²) in [7, 11) is 4.34. The Balaban J connectivity index is 1.46. The fraction of sp³-hybridized carbons (Fsp3) is 0.520. The Morgan fingerprint density at radius 1 is 0.862 bits per heavy atom. The molecular weight excluding hydrogens is 363 g/mol. The monoisotopic (exact) mass is 396 g/mol. The highest BCUT2D eigenvalue weighted by molar-refractivity contribution is 5.38. The molecular formula is C25H33FN2O. The van der Waals surface area contributed by atoms with Crippen LogP contribution in [-0.4, -0.2) is 50.1 Å². The van der Waals surface area contributed by atoms with Crippen molar-refractivity contribution in [1.82, 2.24) is 9.80 Å². The molecule has 0 N–H and O–H groups in total. The van der Waals surface area contributed by atoms with E-state index < -0.39 is 0 Å². The lowest BCUT2D eigenvalue weighted by Gasteiger charge is -2.30. The van der Waals surface area contributed by atoms with Crippen LogP contribution in [0.2, 0.25) is 0 Å². The van der Waals surface area contributed by atoms with E-state index in [1.54, 1.807) is 0 Å². The Labute approximate surface area is 174 Å². The zero-order chi connectivity index (χ0) is 20.2. The number of nitrogens with zero attached hydrogens (tertiary/aromatic N) is 2. The highest BCUT2D eigenvalue weighted by atomic mass is 19.1. The van der Waals surface area contributed by atoms with Crippen LogP contribution in [0.4, 0.5) is 4.39 Å². The summed E-state index contributed by atoms with van der Waals surface area (Å²) in [5.74, 6) is 1.21. The van der Waals surface area contributed by atoms with E-state index in [4.69, 9.17) is 4.74 Å². The number of para-hydroxylation sites is 1. The van der Waals surface area contributed by atoms with E-state index in [0.29, 0.717) is 24.2 Å². The normalized spacial score (nSPS) is 20.1. The van der Waals surface area contributed by atoms with Crippen LogP contribution < -0.4 is 4.74 Å². The van der Waals surface area contributed by atoms with Crippen LogP contribution in [0.3, 0.4) is 0 Å². The summed E-state index contributed by atoms with van der Waals surface area (Å²) in [6.45, 7) is 4.83. The molecule has 3 nitrogen and oxygen atoms in total. The molecule has 0 saturated carbocycles. The van der Waals surface area contributed by atoms with Crippen LogP contribution in [0.1, 0.15) is 54.2 Å². The van der Waals surface area contributed by atoms with Crippen molar-refractivity contribution in [3.05, 3.63) is 65.0 Å². The summed E-state index contributed by atoms with van der Waals surface area (Å²) >= 11 is 0. The highest BCUT2D eigenvalue weighted by Gasteiger charge is 2.23. The molecule has 0 atom stereocenters. The average molecular weight is 397 g/mol. The van der Waals surface area contributed by atoms with Crippen LogP contribution >= 0.6 is 0 Å². The van der Waals surface area contributed by atoms with Gasteiger partial charge in [-0.05, 0) is 95.0 Å². The smallest absolute Gasteiger partial charge is 0.165 e. The van der Waals surface area contributed by atoms with Gasteiger partial charge in [-0.3, -0.25) is 0 Å². The number of benzene rings is 2. The number of ether oxygens (including phenoxy) is 1. The molecule has 0 amide bonds. The quantitative estimate of drug-likeness (QED) is 0.705. The third-order valence-corrected chi connectivity index (χ3v) is 6.68. The van der Waals surface area contributed by atoms with Crippen LogP contribution in [0.25, 0.3) is 0 Å². The lowest BCUT2D eigenvalue weighted by molar-refractivity contribution is 0.244. The zero-order valence-electron chi connectivity index (χ0n) is 17.7. The lowest BCUT2D eigenvalue weighted by Crippen LogP contribution is -2.29. The molecule has 2 aromatic rings. The van der Waals surface area contributed by atoms with E-state index >= 15 is 0 Å². The van der Waals surface area contributed by atoms with Gasteiger partial charge in [-0.25, -0.2) is 4.39 Å². The van der Waals surface area contributed by atoms with Crippen molar-refractivity contribution in [1.29, 1.82) is 0 Å². The average Bonchev–Trinajstić information content (AvgIpc) is 2.74. The fourth-order valence-electron chi connectivity index (χ4n) is 4.75. The van der Waals surface area contributed by atoms with Crippen LogP contribution in [0, 0.1) is 5.82 Å². The minimum absolute atomic E-state index is 0.243. The summed E-state index contributed by atoms with van der Waals surface area (Å²) in [5, 5.41) is 0. The van der Waals surface area contributed by atoms with Gasteiger partial charge in [-0.15, -0.1) is 0 Å². The summed E-state index contributed by atoms with van der Waals surface area (Å²) in [6, 6.07) is 14.1. The molecule has 0 spiro atoms. The van der Waals surface area contributed by atoms with Gasteiger partial charge in [0.15, 0.2) is 11.6 Å². The van der Waals surface area contributed by atoms with Crippen molar-refractivity contribution in [3.8, 4) is 5.75 Å². The SMILES string of the molecule is CN1CCC(c2cccc(COc3c(F)cccc3C3CCN(C)CC3)c2)CC1. The van der Waals surface area contributed by atoms with Gasteiger partial charge >= 0.3 is 0 Å². The lowest BCUT2D eigenvalue weighted by atomic mass is 9.88. The standard InChI is InChI=1S/C25H33FN2O/c1-27-13-9-20(10-14-27)22-6-3-5-19(17-22)18-29-25-23(7-4-8-24(25)26)21-11-15-28(2)16-12-21/h3-8,17,20-21H,9-16,18H2,1-2H3. The Morgan fingerprint density at radius 3 is 2.17 bits per heavy atom. The van der Waals surface area contributed by atoms with Crippen molar-refractivity contribution in [2.24, 2.45) is 0 Å². The third-order valence-electron chi connectivity index (χ3n) is 6.68. The number of hydrogen-bond donors (Lipinski definition) is 0. The van der Waals surface area contributed by atoms with Gasteiger partial charge in [0, 0.05) is 5.56 Å². The van der Waals surface area contributed by atoms with Crippen LogP contribution in [-0.2, 0) is 6.61 Å². The molecule has 2 aliphatic heterocycles. The number of piperidine rings is 2. The summed E-state index contributed by atoms with van der Waals surface area (Å²) in [4.78, 5) is 4.73. The Kier molecular flexibility index (Phi) is 6.51. The molecule has 0 unspecified atom stereocenters. The van der Waals surface area contributed by atoms with E-state index in [9.17, 15) is 4.39 Å². The van der Waals surface area contributed by atoms with Gasteiger partial charge in [-0.2, -0.15) is 0 Å². The minimum Gasteiger partial charge on any atom is -0.486 e. The second kappa shape index (κ2) is 9.27. The van der Waals surface area contributed by atoms with E-state index in [0.717, 1.165) is 50.1 Å². The van der Waals surface area contributed by atoms with E-state index in [1.807, 2.05) is 12.1 Å². The van der Waals surface area contributed by atoms with Gasteiger partial charge in [0.05, 0.1) is 0 Å². The maximum absolute atomic E-state index is 14.7. The van der Waals surface area contributed by atoms with Crippen molar-refractivity contribution in [2.45, 2.75) is 44.1 Å². The Morgan fingerprint density at radius 2 is 1.48 bits per heavy atom. The van der Waals surface area contributed by atoms with Crippen molar-refractivity contribution in [3.63, 3.8) is 0 Å². The molecule has 0 aromatic heterocycles. The first kappa shape index (κ1) is 20.4. The molecule has 4 heteroatoms. The van der Waals surface area contributed by atoms with E-state index in [2.05, 4.69) is 48.2 Å². The number of hydrogen-bond acceptors (Lipinski definition) is 3. The summed E-state index contributed by atoms with van der Waals surface area (Å²) in [5.41, 5.74) is 3.55. The topological polar surface area (TPSA) is 15.7 Å². The van der Waals surface area contributed by atoms with Gasteiger partial charge in [0.1, 0.15) is 6.61 Å². The zero-order valence-corrected chi connectivity index (χ0v) is 17.7. The van der Waals surface area contributed by atoms with Crippen molar-refractivity contribution >= 4 is 0 Å². The van der Waals surface area contributed by atoms with Crippen LogP contribution in [0.5, 0.6) is 5.75 Å². The second-order valence-electron chi connectivity index (χ2n) is 8.85. The second-order valence-corrected chi connectivity index (χ2v) is 8.85. The molecule has 0 bridgehead atoms. The Bertz CT molecular complexity index is 808. The molecule has 2 aromatic carbocycles. The van der Waals surface area contributed by atoms with Gasteiger partial charge in [-0.1, -0.05) is 36.4 Å². The predicted octanol–water partition coefficient (Wildman–Crippen LogP) is 5.02. The van der Waals surface area contributed by atoms with Crippen molar-refractivity contribution in [2.75, 3.05) is 40.3 Å². The van der Waals surface area contributed by atoms with E-state index in [-0.39, 0.29) is 5.82 Å². The first-order valence-corrected chi connectivity index (χ1v) is 11.0. The largest absolute Gasteiger partial charge is 0.486 e. The fourth-order valence-corrected chi connectivity index (χ4v) is 4.75. The molecule has 0 radical (unpaired) electrons. The molecule has 0 aliphatic carbocycles. The number of likely N-dealkylation sites (tertiary alicyclic amines) is 2. The molecule has 4 rings (SSSR count). The molecule has 29 heavy (non-hydrogen) atoms. The van der Waals surface area contributed by atoms with Gasteiger partial charge in [0.25, 0.3) is 0 Å². The molecule has 2 aliphatic rings. The predicted molar refractivity (Wildman–Crippen MR) is 116 cm³/mol. The Hall–Kier alpha value is -1.91. The molecule has 2 heterocycles. The first-order valence-electron chi connectivity index (χ1n) is 11.0. The number of halogens is 1. The maximum atomic E-state index is 14.7. The molecule has 2 saturated heterocycles. The molecule has 156 valence electrons. The van der Waals surface area contributed by atoms with E-state index in [1.165, 1.54) is 24.5 Å². The number of rotatable bonds is 5. The first-order chi connectivity index (χ1) is 14.1. The van der Waals surface area contributed by atoms with Crippen LogP contribution in [0.15, 0.2) is 42.5 Å². The van der Waals surface area contributed by atoms with Gasteiger partial charge < -0.3 is 14.5 Å². The summed E-state index contributed by atoms with van der Waals surface area (Å²) < 4.78 is 20.7. The maximum Gasteiger partial charge on any atom is 0.165 e. The third kappa shape index (κ3) is 4.99. The highest BCUT2D eigenvalue weighted by Crippen LogP contribution is 2.36. The van der Waals surface area contributed by atoms with Crippen molar-refractivity contribution < 1.29 is 9.13 Å². The minimum atomic E-state index is -0.243.